The van der Waals surface area contributed by atoms with Gasteiger partial charge in [-0.15, -0.1) is 0 Å². The molecule has 1 N–H and O–H groups in total. The molecule has 1 aromatic rings. The van der Waals surface area contributed by atoms with Gasteiger partial charge in [0.2, 0.25) is 0 Å². The number of rotatable bonds is 2. The van der Waals surface area contributed by atoms with Crippen LogP contribution in [0.25, 0.3) is 0 Å². The van der Waals surface area contributed by atoms with Crippen molar-refractivity contribution in [1.82, 2.24) is 5.43 Å². The first-order valence-electron chi connectivity index (χ1n) is 3.64. The Hall–Kier alpha value is -1.22. The van der Waals surface area contributed by atoms with Crippen LogP contribution in [0.4, 0.5) is 0 Å². The lowest BCUT2D eigenvalue weighted by molar-refractivity contribution is 1.05. The lowest BCUT2D eigenvalue weighted by atomic mass is 10.2. The van der Waals surface area contributed by atoms with Crippen LogP contribution in [0.2, 0.25) is 0 Å². The van der Waals surface area contributed by atoms with E-state index in [1.807, 2.05) is 30.3 Å². The van der Waals surface area contributed by atoms with Crippen molar-refractivity contribution in [2.75, 3.05) is 0 Å². The van der Waals surface area contributed by atoms with Gasteiger partial charge in [0.15, 0.2) is 0 Å². The quantitative estimate of drug-likeness (QED) is 0.425. The molecule has 1 rings (SSSR count). The van der Waals surface area contributed by atoms with E-state index in [0.29, 0.717) is 4.99 Å². The van der Waals surface area contributed by atoms with Gasteiger partial charge < -0.3 is 0 Å². The number of nitrogens with one attached hydrogen (secondary N) is 1. The lowest BCUT2D eigenvalue weighted by Crippen LogP contribution is -2.09. The van der Waals surface area contributed by atoms with Gasteiger partial charge in [0.1, 0.15) is 0 Å². The molecule has 0 heterocycles. The van der Waals surface area contributed by atoms with Gasteiger partial charge in [0, 0.05) is 0 Å². The summed E-state index contributed by atoms with van der Waals surface area (Å²) in [5.74, 6) is 0. The van der Waals surface area contributed by atoms with Gasteiger partial charge >= 0.3 is 0 Å². The summed E-state index contributed by atoms with van der Waals surface area (Å²) in [4.78, 5) is 0.669. The van der Waals surface area contributed by atoms with E-state index in [-0.39, 0.29) is 0 Å². The van der Waals surface area contributed by atoms with Crippen LogP contribution in [0, 0.1) is 0 Å². The first-order valence-corrected chi connectivity index (χ1v) is 4.04. The highest BCUT2D eigenvalue weighted by Crippen LogP contribution is 1.92. The number of hydrazone groups is 1. The highest BCUT2D eigenvalue weighted by Gasteiger charge is 1.82. The van der Waals surface area contributed by atoms with Gasteiger partial charge in [-0.3, -0.25) is 5.43 Å². The zero-order valence-electron chi connectivity index (χ0n) is 6.82. The summed E-state index contributed by atoms with van der Waals surface area (Å²) in [6, 6.07) is 9.85. The zero-order chi connectivity index (χ0) is 8.81. The highest BCUT2D eigenvalue weighted by atomic mass is 32.1. The van der Waals surface area contributed by atoms with Crippen molar-refractivity contribution in [1.29, 1.82) is 0 Å². The second-order valence-electron chi connectivity index (χ2n) is 2.34. The van der Waals surface area contributed by atoms with Gasteiger partial charge in [-0.25, -0.2) is 0 Å². The van der Waals surface area contributed by atoms with Gasteiger partial charge in [-0.1, -0.05) is 42.5 Å². The Kier molecular flexibility index (Phi) is 3.41. The molecule has 0 bridgehead atoms. The van der Waals surface area contributed by atoms with Crippen molar-refractivity contribution in [3.63, 3.8) is 0 Å². The van der Waals surface area contributed by atoms with E-state index in [2.05, 4.69) is 10.5 Å². The molecule has 0 unspecified atom stereocenters. The van der Waals surface area contributed by atoms with Crippen LogP contribution in [0.1, 0.15) is 12.5 Å². The second kappa shape index (κ2) is 4.62. The molecular weight excluding hydrogens is 168 g/mol. The number of benzene rings is 1. The second-order valence-corrected chi connectivity index (χ2v) is 2.95. The van der Waals surface area contributed by atoms with Crippen molar-refractivity contribution in [3.05, 3.63) is 35.9 Å². The van der Waals surface area contributed by atoms with Gasteiger partial charge in [-0.05, 0) is 12.5 Å². The van der Waals surface area contributed by atoms with Gasteiger partial charge in [-0.2, -0.15) is 5.10 Å². The van der Waals surface area contributed by atoms with Crippen LogP contribution < -0.4 is 5.43 Å². The fourth-order valence-corrected chi connectivity index (χ4v) is 0.790. The number of thiocarbonyl (C=S) groups is 1. The summed E-state index contributed by atoms with van der Waals surface area (Å²) in [7, 11) is 0. The normalized spacial score (nSPS) is 10.1. The molecule has 0 aromatic heterocycles. The molecule has 0 saturated heterocycles. The molecule has 0 aliphatic heterocycles. The van der Waals surface area contributed by atoms with Crippen LogP contribution in [-0.2, 0) is 0 Å². The molecule has 0 atom stereocenters. The Labute approximate surface area is 77.3 Å². The topological polar surface area (TPSA) is 24.4 Å². The summed E-state index contributed by atoms with van der Waals surface area (Å²) in [5.41, 5.74) is 3.75. The molecule has 0 spiro atoms. The maximum absolute atomic E-state index is 4.79. The highest BCUT2D eigenvalue weighted by molar-refractivity contribution is 7.80. The molecular formula is C9H10N2S. The number of hydrogen-bond acceptors (Lipinski definition) is 2. The largest absolute Gasteiger partial charge is 0.272 e. The van der Waals surface area contributed by atoms with Gasteiger partial charge in [0.05, 0.1) is 11.2 Å². The molecule has 0 radical (unpaired) electrons. The van der Waals surface area contributed by atoms with E-state index in [9.17, 15) is 0 Å². The van der Waals surface area contributed by atoms with Crippen LogP contribution in [0.15, 0.2) is 35.4 Å². The first-order chi connectivity index (χ1) is 5.79. The first kappa shape index (κ1) is 8.87. The van der Waals surface area contributed by atoms with E-state index >= 15 is 0 Å². The molecule has 0 aliphatic rings. The van der Waals surface area contributed by atoms with E-state index in [1.54, 1.807) is 13.1 Å². The maximum atomic E-state index is 4.79. The molecule has 0 saturated carbocycles. The summed E-state index contributed by atoms with van der Waals surface area (Å²) in [6.07, 6.45) is 1.73. The minimum Gasteiger partial charge on any atom is -0.272 e. The van der Waals surface area contributed by atoms with E-state index < -0.39 is 0 Å². The Bertz CT molecular complexity index is 280. The molecule has 12 heavy (non-hydrogen) atoms. The van der Waals surface area contributed by atoms with Gasteiger partial charge in [0.25, 0.3) is 0 Å². The predicted molar refractivity (Wildman–Crippen MR) is 55.4 cm³/mol. The molecule has 3 heteroatoms. The molecule has 1 aromatic carbocycles. The van der Waals surface area contributed by atoms with E-state index in [0.717, 1.165) is 5.56 Å². The third-order valence-electron chi connectivity index (χ3n) is 1.24. The number of hydrogen-bond donors (Lipinski definition) is 1. The Morgan fingerprint density at radius 2 is 2.08 bits per heavy atom. The van der Waals surface area contributed by atoms with E-state index in [1.165, 1.54) is 0 Å². The molecule has 0 amide bonds. The van der Waals surface area contributed by atoms with Crippen LogP contribution in [0.5, 0.6) is 0 Å². The van der Waals surface area contributed by atoms with Crippen molar-refractivity contribution in [3.8, 4) is 0 Å². The van der Waals surface area contributed by atoms with Crippen molar-refractivity contribution >= 4 is 23.4 Å². The van der Waals surface area contributed by atoms with Crippen LogP contribution in [-0.4, -0.2) is 11.2 Å². The Balaban J connectivity index is 2.52. The van der Waals surface area contributed by atoms with Crippen LogP contribution in [0.3, 0.4) is 0 Å². The standard InChI is InChI=1S/C9H10N2S/c1-8(12)11-10-7-9-5-3-2-4-6-9/h2-7H,1H3,(H,11,12)/b10-7+. The average molecular weight is 178 g/mol. The molecule has 0 aliphatic carbocycles. The summed E-state index contributed by atoms with van der Waals surface area (Å²) >= 11 is 4.79. The minimum absolute atomic E-state index is 0.669. The molecule has 2 nitrogen and oxygen atoms in total. The summed E-state index contributed by atoms with van der Waals surface area (Å²) in [6.45, 7) is 1.79. The molecule has 0 fully saturated rings. The monoisotopic (exact) mass is 178 g/mol. The summed E-state index contributed by atoms with van der Waals surface area (Å²) in [5, 5.41) is 3.92. The zero-order valence-corrected chi connectivity index (χ0v) is 7.64. The predicted octanol–water partition coefficient (Wildman–Crippen LogP) is 1.96. The average Bonchev–Trinajstić information content (AvgIpc) is 2.05. The molecule has 62 valence electrons. The Morgan fingerprint density at radius 1 is 1.42 bits per heavy atom. The fraction of sp³-hybridized carbons (Fsp3) is 0.111. The smallest absolute Gasteiger partial charge is 0.0930 e. The van der Waals surface area contributed by atoms with Crippen LogP contribution >= 0.6 is 12.2 Å². The SMILES string of the molecule is CC(=S)N/N=C/c1ccccc1. The third-order valence-corrected chi connectivity index (χ3v) is 1.33. The fourth-order valence-electron chi connectivity index (χ4n) is 0.737. The maximum Gasteiger partial charge on any atom is 0.0930 e. The third kappa shape index (κ3) is 3.25. The van der Waals surface area contributed by atoms with Crippen molar-refractivity contribution in [2.24, 2.45) is 5.10 Å². The Morgan fingerprint density at radius 3 is 2.67 bits per heavy atom. The minimum atomic E-state index is 0.669. The van der Waals surface area contributed by atoms with Crippen molar-refractivity contribution in [2.45, 2.75) is 6.92 Å². The van der Waals surface area contributed by atoms with E-state index in [4.69, 9.17) is 12.2 Å². The lowest BCUT2D eigenvalue weighted by Gasteiger charge is -1.93. The van der Waals surface area contributed by atoms with Crippen molar-refractivity contribution < 1.29 is 0 Å². The summed E-state index contributed by atoms with van der Waals surface area (Å²) < 4.78 is 0. The number of nitrogens with zero attached hydrogens (tertiary/aromatic N) is 1.